The minimum atomic E-state index is -5.43. The van der Waals surface area contributed by atoms with Gasteiger partial charge in [-0.15, -0.1) is 0 Å². The molecule has 4 aliphatic rings. The van der Waals surface area contributed by atoms with Gasteiger partial charge in [-0.25, -0.2) is 0 Å². The van der Waals surface area contributed by atoms with Crippen LogP contribution in [0.15, 0.2) is 109 Å². The molecule has 0 N–H and O–H groups in total. The average molecular weight is 822 g/mol. The van der Waals surface area contributed by atoms with Crippen LogP contribution in [-0.2, 0) is 7.67 Å². The zero-order valence-electron chi connectivity index (χ0n) is 35.4. The second-order valence-electron chi connectivity index (χ2n) is 16.8. The van der Waals surface area contributed by atoms with E-state index in [-0.39, 0.29) is 0 Å². The summed E-state index contributed by atoms with van der Waals surface area (Å²) in [5.74, 6) is 0. The molecule has 0 spiro atoms. The van der Waals surface area contributed by atoms with Crippen molar-refractivity contribution in [3.63, 3.8) is 0 Å². The molecule has 8 rings (SSSR count). The van der Waals surface area contributed by atoms with E-state index in [4.69, 9.17) is 0 Å². The predicted molar refractivity (Wildman–Crippen MR) is 236 cm³/mol. The number of allylic oxidation sites excluding steroid dienone is 6. The Balaban J connectivity index is 1.41. The first-order chi connectivity index (χ1) is 27.0. The first-order valence-electron chi connectivity index (χ1n) is 19.9. The Bertz CT molecular complexity index is 2440. The van der Waals surface area contributed by atoms with Crippen LogP contribution in [0.1, 0.15) is 77.9 Å². The maximum absolute atomic E-state index is 16.8. The molecule has 0 fully saturated rings. The predicted octanol–water partition coefficient (Wildman–Crippen LogP) is 11.3. The molecule has 4 aliphatic heterocycles. The third-order valence-corrected chi connectivity index (χ3v) is 16.1. The van der Waals surface area contributed by atoms with Crippen LogP contribution in [0.25, 0.3) is 11.4 Å². The molecular weight excluding hydrogens is 768 g/mol. The van der Waals surface area contributed by atoms with Gasteiger partial charge in [0, 0.05) is 0 Å². The quantitative estimate of drug-likeness (QED) is 0.181. The molecule has 0 amide bonds. The summed E-state index contributed by atoms with van der Waals surface area (Å²) in [5.41, 5.74) is 20.8. The van der Waals surface area contributed by atoms with E-state index in [0.717, 1.165) is 101 Å². The Morgan fingerprint density at radius 1 is 0.421 bits per heavy atom. The second-order valence-corrected chi connectivity index (χ2v) is 21.0. The Labute approximate surface area is 341 Å². The molecule has 6 nitrogen and oxygen atoms in total. The Kier molecular flexibility index (Phi) is 9.41. The summed E-state index contributed by atoms with van der Waals surface area (Å²) in [6.07, 6.45) is 16.6. The van der Waals surface area contributed by atoms with E-state index in [1.165, 1.54) is 11.1 Å². The summed E-state index contributed by atoms with van der Waals surface area (Å²) in [4.78, 5) is 8.36. The molecule has 2 atom stereocenters. The van der Waals surface area contributed by atoms with Crippen molar-refractivity contribution in [3.8, 4) is 0 Å². The van der Waals surface area contributed by atoms with E-state index in [1.807, 2.05) is 0 Å². The molecular formula is C50H54N4O2Se. The molecule has 292 valence electrons. The summed E-state index contributed by atoms with van der Waals surface area (Å²) in [6, 6.07) is 17.4. The first kappa shape index (κ1) is 38.5. The van der Waals surface area contributed by atoms with Gasteiger partial charge in [0.25, 0.3) is 0 Å². The van der Waals surface area contributed by atoms with Gasteiger partial charge in [-0.05, 0) is 0 Å². The van der Waals surface area contributed by atoms with Crippen LogP contribution in [0.3, 0.4) is 0 Å². The van der Waals surface area contributed by atoms with Crippen molar-refractivity contribution in [3.05, 3.63) is 187 Å². The fraction of sp³-hybridized carbons (Fsp3) is 0.280. The third-order valence-electron chi connectivity index (χ3n) is 11.8. The summed E-state index contributed by atoms with van der Waals surface area (Å²) >= 11 is -5.43. The van der Waals surface area contributed by atoms with Crippen LogP contribution in [0.4, 0.5) is 11.4 Å². The van der Waals surface area contributed by atoms with Crippen molar-refractivity contribution in [2.45, 2.75) is 93.2 Å². The van der Waals surface area contributed by atoms with Gasteiger partial charge >= 0.3 is 343 Å². The van der Waals surface area contributed by atoms with Crippen molar-refractivity contribution in [1.29, 1.82) is 0 Å². The van der Waals surface area contributed by atoms with Gasteiger partial charge in [0.05, 0.1) is 0 Å². The number of rotatable bonds is 6. The van der Waals surface area contributed by atoms with E-state index < -0.39 is 22.8 Å². The molecule has 0 bridgehead atoms. The van der Waals surface area contributed by atoms with Crippen LogP contribution < -0.4 is 9.80 Å². The fourth-order valence-corrected chi connectivity index (χ4v) is 14.9. The van der Waals surface area contributed by atoms with Gasteiger partial charge in [-0.2, -0.15) is 0 Å². The zero-order valence-corrected chi connectivity index (χ0v) is 37.1. The van der Waals surface area contributed by atoms with Crippen molar-refractivity contribution in [2.24, 2.45) is 0 Å². The van der Waals surface area contributed by atoms with Crippen molar-refractivity contribution in [1.82, 2.24) is 9.80 Å². The number of nitrogens with zero attached hydrogens (tertiary/aromatic N) is 4. The minimum absolute atomic E-state index is 0.851. The molecule has 57 heavy (non-hydrogen) atoms. The Hall–Kier alpha value is -5.36. The van der Waals surface area contributed by atoms with Crippen molar-refractivity contribution in [2.75, 3.05) is 9.80 Å². The maximum atomic E-state index is 16.8. The Morgan fingerprint density at radius 3 is 1.00 bits per heavy atom. The van der Waals surface area contributed by atoms with Crippen LogP contribution in [0, 0.1) is 83.1 Å². The third kappa shape index (κ3) is 6.23. The number of hydrogen-bond acceptors (Lipinski definition) is 6. The molecule has 4 aromatic carbocycles. The molecule has 0 aliphatic carbocycles. The van der Waals surface area contributed by atoms with E-state index in [0.29, 0.717) is 0 Å². The molecule has 0 radical (unpaired) electrons. The van der Waals surface area contributed by atoms with Gasteiger partial charge < -0.3 is 0 Å². The summed E-state index contributed by atoms with van der Waals surface area (Å²) in [7, 11) is 0. The van der Waals surface area contributed by atoms with Gasteiger partial charge in [-0.1, -0.05) is 0 Å². The van der Waals surface area contributed by atoms with Crippen LogP contribution in [0.2, 0.25) is 0 Å². The fourth-order valence-electron chi connectivity index (χ4n) is 10.2. The summed E-state index contributed by atoms with van der Waals surface area (Å²) in [5, 5.41) is -2.10. The Morgan fingerprint density at radius 2 is 0.702 bits per heavy atom. The van der Waals surface area contributed by atoms with E-state index in [2.05, 4.69) is 200 Å². The van der Waals surface area contributed by atoms with Crippen LogP contribution >= 0.6 is 0 Å². The molecule has 4 heterocycles. The number of benzene rings is 4. The number of hydrogen-bond donors (Lipinski definition) is 0. The summed E-state index contributed by atoms with van der Waals surface area (Å²) < 4.78 is 33.7. The van der Waals surface area contributed by atoms with Gasteiger partial charge in [0.2, 0.25) is 0 Å². The molecule has 0 saturated heterocycles. The first-order valence-corrected chi connectivity index (χ1v) is 23.3. The van der Waals surface area contributed by atoms with Crippen LogP contribution in [-0.4, -0.2) is 32.6 Å². The zero-order chi connectivity index (χ0) is 40.8. The van der Waals surface area contributed by atoms with Crippen molar-refractivity contribution >= 4 is 35.5 Å². The standard InChI is InChI=1S/C50H54N4O2Se/c1-29-19-33(5)45(34(6)20-29)43-17-13-15-41-27-51(47-37(9)23-31(3)24-38(47)10)49(53(41)43)57(55,56)50-52(48-39(11)25-32(4)26-40(48)12)28-42-16-14-18-44(54(42)50)46-35(7)21-30(2)22-36(46)8/h13-28,49-50H,1-12H3. The van der Waals surface area contributed by atoms with E-state index >= 15 is 7.67 Å². The number of anilines is 2. The number of fused-ring (bicyclic) bond motifs is 2. The molecule has 7 heteroatoms. The second kappa shape index (κ2) is 13.9. The topological polar surface area (TPSA) is 47.1 Å². The molecule has 2 unspecified atom stereocenters. The monoisotopic (exact) mass is 822 g/mol. The van der Waals surface area contributed by atoms with E-state index in [1.54, 1.807) is 0 Å². The molecule has 0 aromatic heterocycles. The van der Waals surface area contributed by atoms with Gasteiger partial charge in [0.15, 0.2) is 0 Å². The molecule has 4 aromatic rings. The van der Waals surface area contributed by atoms with Crippen LogP contribution in [0.5, 0.6) is 0 Å². The van der Waals surface area contributed by atoms with Gasteiger partial charge in [-0.3, -0.25) is 0 Å². The number of aryl methyl sites for hydroxylation is 12. The normalized spacial score (nSPS) is 18.8. The SMILES string of the molecule is Cc1cc(C)c(C2=CC=CC3=CN(c4c(C)cc(C)cc4C)C([Se](=O)(=O)C4N5C(=CN4c4c(C)cc(C)cc4C)C=CC=C5c4c(C)cc(C)cc4C)N32)c(C)c1. The summed E-state index contributed by atoms with van der Waals surface area (Å²) in [6.45, 7) is 25.4. The van der Waals surface area contributed by atoms with Crippen molar-refractivity contribution < 1.29 is 7.67 Å². The molecule has 0 saturated carbocycles. The average Bonchev–Trinajstić information content (AvgIpc) is 3.67. The van der Waals surface area contributed by atoms with Gasteiger partial charge in [0.1, 0.15) is 0 Å². The van der Waals surface area contributed by atoms with E-state index in [9.17, 15) is 0 Å².